The first-order valence-corrected chi connectivity index (χ1v) is 13.3. The smallest absolute Gasteiger partial charge is 0.309 e. The van der Waals surface area contributed by atoms with E-state index in [1.54, 1.807) is 32.4 Å². The second-order valence-corrected chi connectivity index (χ2v) is 9.49. The molecule has 1 heterocycles. The molecule has 0 bridgehead atoms. The fraction of sp³-hybridized carbons (Fsp3) is 0.533. The summed E-state index contributed by atoms with van der Waals surface area (Å²) in [7, 11) is 4.70. The number of methoxy groups -OCH3 is 3. The number of aliphatic carboxylic acids is 1. The molecule has 0 aliphatic carbocycles. The Bertz CT molecular complexity index is 1020. The Morgan fingerprint density at radius 2 is 1.50 bits per heavy atom. The molecule has 0 unspecified atom stereocenters. The Labute approximate surface area is 225 Å². The van der Waals surface area contributed by atoms with Gasteiger partial charge in [0, 0.05) is 11.9 Å². The average Bonchev–Trinajstić information content (AvgIpc) is 3.25. The van der Waals surface area contributed by atoms with Gasteiger partial charge in [0.2, 0.25) is 0 Å². The summed E-state index contributed by atoms with van der Waals surface area (Å²) in [6.07, 6.45) is 8.20. The molecular weight excluding hydrogens is 488 g/mol. The molecule has 0 saturated carbocycles. The fourth-order valence-corrected chi connectivity index (χ4v) is 4.52. The number of cyclic esters (lactones) is 1. The van der Waals surface area contributed by atoms with Crippen molar-refractivity contribution in [3.8, 4) is 23.0 Å². The molecular formula is C30H41O8-. The summed E-state index contributed by atoms with van der Waals surface area (Å²) in [5, 5.41) is 19.7. The highest BCUT2D eigenvalue weighted by molar-refractivity contribution is 5.75. The van der Waals surface area contributed by atoms with Gasteiger partial charge in [0.1, 0.15) is 0 Å². The Morgan fingerprint density at radius 3 is 2.16 bits per heavy atom. The van der Waals surface area contributed by atoms with Crippen LogP contribution in [-0.2, 0) is 27.2 Å². The number of esters is 1. The number of unbranched alkanes of at least 4 members (excludes halogenated alkanes) is 5. The zero-order valence-corrected chi connectivity index (χ0v) is 23.0. The lowest BCUT2D eigenvalue weighted by Gasteiger charge is -2.17. The second kappa shape index (κ2) is 16.4. The lowest BCUT2D eigenvalue weighted by Crippen LogP contribution is -2.21. The number of hydrogen-bond acceptors (Lipinski definition) is 8. The molecule has 38 heavy (non-hydrogen) atoms. The zero-order chi connectivity index (χ0) is 27.9. The van der Waals surface area contributed by atoms with E-state index >= 15 is 0 Å². The van der Waals surface area contributed by atoms with Crippen LogP contribution >= 0.6 is 0 Å². The van der Waals surface area contributed by atoms with Crippen molar-refractivity contribution in [3.63, 3.8) is 0 Å². The molecule has 2 aromatic carbocycles. The summed E-state index contributed by atoms with van der Waals surface area (Å²) in [5.41, 5.74) is 1.98. The predicted octanol–water partition coefficient (Wildman–Crippen LogP) is 4.48. The number of carbonyl (C=O) groups excluding carboxylic acids is 2. The van der Waals surface area contributed by atoms with E-state index in [0.717, 1.165) is 24.0 Å². The van der Waals surface area contributed by atoms with Crippen LogP contribution in [0.4, 0.5) is 0 Å². The molecule has 1 aliphatic heterocycles. The summed E-state index contributed by atoms with van der Waals surface area (Å²) in [6, 6.07) is 10.9. The third-order valence-corrected chi connectivity index (χ3v) is 6.69. The van der Waals surface area contributed by atoms with Crippen molar-refractivity contribution in [3.05, 3.63) is 47.5 Å². The third kappa shape index (κ3) is 9.80. The average molecular weight is 530 g/mol. The van der Waals surface area contributed by atoms with Gasteiger partial charge in [0.25, 0.3) is 0 Å². The third-order valence-electron chi connectivity index (χ3n) is 6.69. The minimum Gasteiger partial charge on any atom is -0.550 e. The Balaban J connectivity index is 0.000000391. The zero-order valence-electron chi connectivity index (χ0n) is 23.0. The molecule has 1 aliphatic rings. The van der Waals surface area contributed by atoms with Gasteiger partial charge in [-0.1, -0.05) is 51.2 Å². The van der Waals surface area contributed by atoms with Crippen molar-refractivity contribution >= 4 is 11.9 Å². The van der Waals surface area contributed by atoms with E-state index in [1.165, 1.54) is 32.8 Å². The number of rotatable bonds is 14. The number of ether oxygens (including phenoxy) is 4. The molecule has 0 amide bonds. The van der Waals surface area contributed by atoms with Crippen molar-refractivity contribution < 1.29 is 38.7 Å². The monoisotopic (exact) mass is 529 g/mol. The number of hydrogen-bond donors (Lipinski definition) is 1. The maximum atomic E-state index is 12.3. The van der Waals surface area contributed by atoms with E-state index in [4.69, 9.17) is 18.9 Å². The van der Waals surface area contributed by atoms with Gasteiger partial charge in [-0.2, -0.15) is 0 Å². The van der Waals surface area contributed by atoms with Crippen molar-refractivity contribution in [2.75, 3.05) is 27.9 Å². The van der Waals surface area contributed by atoms with Gasteiger partial charge in [0.15, 0.2) is 23.0 Å². The van der Waals surface area contributed by atoms with Crippen LogP contribution in [0.2, 0.25) is 0 Å². The largest absolute Gasteiger partial charge is 0.550 e. The van der Waals surface area contributed by atoms with Crippen molar-refractivity contribution in [1.29, 1.82) is 0 Å². The van der Waals surface area contributed by atoms with E-state index < -0.39 is 5.97 Å². The maximum absolute atomic E-state index is 12.3. The molecule has 8 nitrogen and oxygen atoms in total. The number of carbonyl (C=O) groups is 2. The van der Waals surface area contributed by atoms with Gasteiger partial charge < -0.3 is 34.0 Å². The number of carboxylic acid groups (broad SMARTS) is 1. The number of phenolic OH excluding ortho intramolecular Hbond substituents is 1. The summed E-state index contributed by atoms with van der Waals surface area (Å²) >= 11 is 0. The molecule has 3 rings (SSSR count). The summed E-state index contributed by atoms with van der Waals surface area (Å²) in [4.78, 5) is 22.3. The minimum atomic E-state index is -0.916. The second-order valence-electron chi connectivity index (χ2n) is 9.49. The molecule has 1 N–H and O–H groups in total. The molecule has 2 aromatic rings. The minimum absolute atomic E-state index is 0.0652. The standard InChI is InChI=1S/C21H24O6.C9H18O2/c1-24-18-7-5-13(11-20(18)26-3)8-15-12-27-21(23)16(15)9-14-4-6-17(22)19(10-14)25-2;1-2-3-4-5-6-7-8-9(10)11/h4-7,10-11,15-16,22H,8-9,12H2,1-3H3;2-8H2,1H3,(H,10,11)/p-1/t15-,16+;/m0./s1. The van der Waals surface area contributed by atoms with Crippen molar-refractivity contribution in [2.45, 2.75) is 64.7 Å². The molecule has 2 atom stereocenters. The molecule has 210 valence electrons. The van der Waals surface area contributed by atoms with Crippen LogP contribution in [0.25, 0.3) is 0 Å². The van der Waals surface area contributed by atoms with Gasteiger partial charge in [-0.3, -0.25) is 4.79 Å². The molecule has 8 heteroatoms. The predicted molar refractivity (Wildman–Crippen MR) is 143 cm³/mol. The highest BCUT2D eigenvalue weighted by atomic mass is 16.5. The van der Waals surface area contributed by atoms with Gasteiger partial charge in [0.05, 0.1) is 33.9 Å². The molecule has 0 radical (unpaired) electrons. The van der Waals surface area contributed by atoms with E-state index in [-0.39, 0.29) is 30.0 Å². The van der Waals surface area contributed by atoms with Crippen LogP contribution in [0.5, 0.6) is 23.0 Å². The molecule has 1 saturated heterocycles. The lowest BCUT2D eigenvalue weighted by molar-refractivity contribution is -0.305. The summed E-state index contributed by atoms with van der Waals surface area (Å²) in [6.45, 7) is 2.56. The van der Waals surface area contributed by atoms with Crippen LogP contribution < -0.4 is 19.3 Å². The Morgan fingerprint density at radius 1 is 0.895 bits per heavy atom. The van der Waals surface area contributed by atoms with E-state index in [9.17, 15) is 19.8 Å². The topological polar surface area (TPSA) is 114 Å². The van der Waals surface area contributed by atoms with Crippen LogP contribution in [0.1, 0.15) is 63.0 Å². The fourth-order valence-electron chi connectivity index (χ4n) is 4.52. The maximum Gasteiger partial charge on any atom is 0.309 e. The summed E-state index contributed by atoms with van der Waals surface area (Å²) in [5.74, 6) is 0.538. The van der Waals surface area contributed by atoms with Gasteiger partial charge >= 0.3 is 5.97 Å². The van der Waals surface area contributed by atoms with E-state index in [0.29, 0.717) is 36.7 Å². The lowest BCUT2D eigenvalue weighted by atomic mass is 9.85. The Kier molecular flexibility index (Phi) is 13.3. The van der Waals surface area contributed by atoms with E-state index in [1.807, 2.05) is 18.2 Å². The first-order valence-electron chi connectivity index (χ1n) is 13.3. The Hall–Kier alpha value is -3.42. The van der Waals surface area contributed by atoms with Gasteiger partial charge in [-0.25, -0.2) is 0 Å². The van der Waals surface area contributed by atoms with Gasteiger partial charge in [-0.15, -0.1) is 0 Å². The highest BCUT2D eigenvalue weighted by Crippen LogP contribution is 2.34. The molecule has 1 fully saturated rings. The number of phenols is 1. The number of aromatic hydroxyl groups is 1. The van der Waals surface area contributed by atoms with Crippen LogP contribution in [0.3, 0.4) is 0 Å². The van der Waals surface area contributed by atoms with Crippen LogP contribution in [-0.4, -0.2) is 45.0 Å². The first-order chi connectivity index (χ1) is 18.3. The highest BCUT2D eigenvalue weighted by Gasteiger charge is 2.37. The molecule has 0 aromatic heterocycles. The van der Waals surface area contributed by atoms with Crippen molar-refractivity contribution in [1.82, 2.24) is 0 Å². The van der Waals surface area contributed by atoms with Crippen LogP contribution in [0.15, 0.2) is 36.4 Å². The number of benzene rings is 2. The first kappa shape index (κ1) is 30.8. The van der Waals surface area contributed by atoms with Gasteiger partial charge in [-0.05, 0) is 61.1 Å². The van der Waals surface area contributed by atoms with Crippen molar-refractivity contribution in [2.24, 2.45) is 11.8 Å². The quantitative estimate of drug-likeness (QED) is 0.281. The van der Waals surface area contributed by atoms with E-state index in [2.05, 4.69) is 6.92 Å². The molecule has 0 spiro atoms. The van der Waals surface area contributed by atoms with Crippen LogP contribution in [0, 0.1) is 11.8 Å². The number of carboxylic acids is 1. The SMILES string of the molecule is CCCCCCCCC(=O)[O-].COc1cc(C[C@H]2C(=O)OC[C@@H]2Cc2ccc(OC)c(OC)c2)ccc1O. The normalized spacial score (nSPS) is 16.3. The summed E-state index contributed by atoms with van der Waals surface area (Å²) < 4.78 is 21.1.